The number of carbonyl (C=O) groups excluding carboxylic acids is 2. The molecule has 0 aliphatic carbocycles. The first-order valence-electron chi connectivity index (χ1n) is 9.44. The normalized spacial score (nSPS) is 14.4. The Labute approximate surface area is 174 Å². The number of morpholine rings is 1. The van der Waals surface area contributed by atoms with Crippen molar-refractivity contribution in [2.24, 2.45) is 0 Å². The molecule has 0 unspecified atom stereocenters. The lowest BCUT2D eigenvalue weighted by molar-refractivity contribution is -0.123. The SMILES string of the molecule is CC(C)(C)c1ccccc1OCC(=O)NNC(=O)c1csc(N2CCOCC2)n1. The first kappa shape index (κ1) is 21.1. The van der Waals surface area contributed by atoms with Crippen molar-refractivity contribution >= 4 is 28.3 Å². The van der Waals surface area contributed by atoms with Crippen LogP contribution in [0.25, 0.3) is 0 Å². The highest BCUT2D eigenvalue weighted by Crippen LogP contribution is 2.30. The van der Waals surface area contributed by atoms with Crippen LogP contribution in [-0.2, 0) is 14.9 Å². The van der Waals surface area contributed by atoms with Gasteiger partial charge in [0, 0.05) is 18.5 Å². The van der Waals surface area contributed by atoms with Crippen LogP contribution in [0.4, 0.5) is 5.13 Å². The summed E-state index contributed by atoms with van der Waals surface area (Å²) in [4.78, 5) is 30.7. The lowest BCUT2D eigenvalue weighted by atomic mass is 9.86. The number of nitrogens with zero attached hydrogens (tertiary/aromatic N) is 2. The van der Waals surface area contributed by atoms with Crippen molar-refractivity contribution in [1.82, 2.24) is 15.8 Å². The minimum absolute atomic E-state index is 0.107. The number of hydrogen-bond acceptors (Lipinski definition) is 7. The zero-order valence-electron chi connectivity index (χ0n) is 16.9. The van der Waals surface area contributed by atoms with E-state index in [2.05, 4.69) is 41.5 Å². The van der Waals surface area contributed by atoms with Gasteiger partial charge in [-0.2, -0.15) is 0 Å². The molecule has 2 amide bonds. The Hall–Kier alpha value is -2.65. The molecule has 3 rings (SSSR count). The fraction of sp³-hybridized carbons (Fsp3) is 0.450. The van der Waals surface area contributed by atoms with Crippen molar-refractivity contribution in [3.63, 3.8) is 0 Å². The minimum Gasteiger partial charge on any atom is -0.483 e. The maximum absolute atomic E-state index is 12.2. The molecule has 9 heteroatoms. The van der Waals surface area contributed by atoms with Crippen LogP contribution < -0.4 is 20.5 Å². The second kappa shape index (κ2) is 9.23. The van der Waals surface area contributed by atoms with Gasteiger partial charge in [-0.25, -0.2) is 4.98 Å². The molecule has 1 aromatic heterocycles. The summed E-state index contributed by atoms with van der Waals surface area (Å²) in [5, 5.41) is 2.44. The fourth-order valence-electron chi connectivity index (χ4n) is 2.85. The number of amides is 2. The van der Waals surface area contributed by atoms with Crippen LogP contribution in [0.3, 0.4) is 0 Å². The Kier molecular flexibility index (Phi) is 6.71. The summed E-state index contributed by atoms with van der Waals surface area (Å²) in [7, 11) is 0. The van der Waals surface area contributed by atoms with Gasteiger partial charge in [0.15, 0.2) is 11.7 Å². The molecule has 1 aliphatic heterocycles. The van der Waals surface area contributed by atoms with E-state index < -0.39 is 11.8 Å². The molecular weight excluding hydrogens is 392 g/mol. The summed E-state index contributed by atoms with van der Waals surface area (Å²) < 4.78 is 11.0. The van der Waals surface area contributed by atoms with Gasteiger partial charge in [0.05, 0.1) is 13.2 Å². The van der Waals surface area contributed by atoms with Gasteiger partial charge in [-0.15, -0.1) is 11.3 Å². The summed E-state index contributed by atoms with van der Waals surface area (Å²) in [6.45, 7) is 8.82. The summed E-state index contributed by atoms with van der Waals surface area (Å²) >= 11 is 1.39. The van der Waals surface area contributed by atoms with Crippen molar-refractivity contribution < 1.29 is 19.1 Å². The van der Waals surface area contributed by atoms with E-state index in [0.717, 1.165) is 23.8 Å². The van der Waals surface area contributed by atoms with Gasteiger partial charge in [-0.1, -0.05) is 39.0 Å². The standard InChI is InChI=1S/C20H26N4O4S/c1-20(2,3)14-6-4-5-7-16(14)28-12-17(25)22-23-18(26)15-13-29-19(21-15)24-8-10-27-11-9-24/h4-7,13H,8-12H2,1-3H3,(H,22,25)(H,23,26). The number of carbonyl (C=O) groups is 2. The summed E-state index contributed by atoms with van der Waals surface area (Å²) in [5.74, 6) is -0.272. The Balaban J connectivity index is 1.49. The van der Waals surface area contributed by atoms with Crippen molar-refractivity contribution in [3.05, 3.63) is 40.9 Å². The van der Waals surface area contributed by atoms with E-state index in [0.29, 0.717) is 19.0 Å². The van der Waals surface area contributed by atoms with Crippen LogP contribution in [0.5, 0.6) is 5.75 Å². The molecular formula is C20H26N4O4S. The second-order valence-electron chi connectivity index (χ2n) is 7.65. The molecule has 8 nitrogen and oxygen atoms in total. The molecule has 2 heterocycles. The molecule has 0 atom stereocenters. The smallest absolute Gasteiger partial charge is 0.289 e. The molecule has 2 aromatic rings. The summed E-state index contributed by atoms with van der Waals surface area (Å²) in [5.41, 5.74) is 5.91. The maximum Gasteiger partial charge on any atom is 0.289 e. The summed E-state index contributed by atoms with van der Waals surface area (Å²) in [6, 6.07) is 7.60. The Morgan fingerprint density at radius 3 is 2.66 bits per heavy atom. The van der Waals surface area contributed by atoms with Crippen molar-refractivity contribution in [1.29, 1.82) is 0 Å². The fourth-order valence-corrected chi connectivity index (χ4v) is 3.71. The van der Waals surface area contributed by atoms with E-state index in [4.69, 9.17) is 9.47 Å². The predicted octanol–water partition coefficient (Wildman–Crippen LogP) is 2.12. The average Bonchev–Trinajstić information content (AvgIpc) is 3.21. The van der Waals surface area contributed by atoms with Crippen LogP contribution in [0.2, 0.25) is 0 Å². The number of rotatable bonds is 5. The summed E-state index contributed by atoms with van der Waals surface area (Å²) in [6.07, 6.45) is 0. The van der Waals surface area contributed by atoms with Gasteiger partial charge >= 0.3 is 0 Å². The molecule has 156 valence electrons. The zero-order valence-corrected chi connectivity index (χ0v) is 17.7. The van der Waals surface area contributed by atoms with Crippen molar-refractivity contribution in [2.45, 2.75) is 26.2 Å². The minimum atomic E-state index is -0.468. The van der Waals surface area contributed by atoms with Crippen molar-refractivity contribution in [3.8, 4) is 5.75 Å². The van der Waals surface area contributed by atoms with Gasteiger partial charge in [-0.3, -0.25) is 20.4 Å². The first-order valence-corrected chi connectivity index (χ1v) is 10.3. The van der Waals surface area contributed by atoms with Gasteiger partial charge in [0.25, 0.3) is 11.8 Å². The molecule has 1 saturated heterocycles. The zero-order chi connectivity index (χ0) is 20.9. The number of para-hydroxylation sites is 1. The van der Waals surface area contributed by atoms with E-state index in [1.54, 1.807) is 5.38 Å². The number of aromatic nitrogens is 1. The third-order valence-corrected chi connectivity index (χ3v) is 5.28. The van der Waals surface area contributed by atoms with Gasteiger partial charge in [0.1, 0.15) is 11.4 Å². The number of benzene rings is 1. The molecule has 1 aromatic carbocycles. The molecule has 2 N–H and O–H groups in total. The highest BCUT2D eigenvalue weighted by Gasteiger charge is 2.20. The van der Waals surface area contributed by atoms with E-state index in [1.165, 1.54) is 11.3 Å². The van der Waals surface area contributed by atoms with E-state index >= 15 is 0 Å². The molecule has 0 radical (unpaired) electrons. The van der Waals surface area contributed by atoms with Crippen molar-refractivity contribution in [2.75, 3.05) is 37.8 Å². The molecule has 1 fully saturated rings. The Bertz CT molecular complexity index is 856. The molecule has 0 spiro atoms. The molecule has 29 heavy (non-hydrogen) atoms. The molecule has 1 aliphatic rings. The highest BCUT2D eigenvalue weighted by atomic mass is 32.1. The second-order valence-corrected chi connectivity index (χ2v) is 8.49. The average molecular weight is 419 g/mol. The van der Waals surface area contributed by atoms with Gasteiger partial charge < -0.3 is 14.4 Å². The van der Waals surface area contributed by atoms with Gasteiger partial charge in [-0.05, 0) is 17.0 Å². The van der Waals surface area contributed by atoms with E-state index in [9.17, 15) is 9.59 Å². The monoisotopic (exact) mass is 418 g/mol. The number of anilines is 1. The maximum atomic E-state index is 12.2. The van der Waals surface area contributed by atoms with E-state index in [-0.39, 0.29) is 17.7 Å². The topological polar surface area (TPSA) is 92.8 Å². The lowest BCUT2D eigenvalue weighted by Gasteiger charge is -2.25. The number of hydrazine groups is 1. The lowest BCUT2D eigenvalue weighted by Crippen LogP contribution is -2.44. The number of ether oxygens (including phenoxy) is 2. The van der Waals surface area contributed by atoms with Gasteiger partial charge in [0.2, 0.25) is 0 Å². The largest absolute Gasteiger partial charge is 0.483 e. The predicted molar refractivity (Wildman–Crippen MR) is 111 cm³/mol. The van der Waals surface area contributed by atoms with Crippen LogP contribution in [0, 0.1) is 0 Å². The first-order chi connectivity index (χ1) is 13.8. The number of nitrogens with one attached hydrogen (secondary N) is 2. The Morgan fingerprint density at radius 1 is 1.21 bits per heavy atom. The van der Waals surface area contributed by atoms with Crippen LogP contribution in [0.15, 0.2) is 29.6 Å². The molecule has 0 bridgehead atoms. The third-order valence-electron chi connectivity index (χ3n) is 4.38. The van der Waals surface area contributed by atoms with E-state index in [1.807, 2.05) is 24.3 Å². The third kappa shape index (κ3) is 5.68. The number of hydrogen-bond donors (Lipinski definition) is 2. The Morgan fingerprint density at radius 2 is 1.93 bits per heavy atom. The quantitative estimate of drug-likeness (QED) is 0.723. The number of thiazole rings is 1. The molecule has 0 saturated carbocycles. The highest BCUT2D eigenvalue weighted by molar-refractivity contribution is 7.13. The van der Waals surface area contributed by atoms with Crippen LogP contribution in [-0.4, -0.2) is 49.7 Å². The van der Waals surface area contributed by atoms with Crippen LogP contribution >= 0.6 is 11.3 Å². The van der Waals surface area contributed by atoms with Crippen LogP contribution in [0.1, 0.15) is 36.8 Å².